The summed E-state index contributed by atoms with van der Waals surface area (Å²) >= 11 is 0. The summed E-state index contributed by atoms with van der Waals surface area (Å²) in [6, 6.07) is 5.96. The van der Waals surface area contributed by atoms with Gasteiger partial charge in [0.2, 0.25) is 5.91 Å². The first kappa shape index (κ1) is 15.3. The van der Waals surface area contributed by atoms with Crippen LogP contribution < -0.4 is 10.9 Å². The fourth-order valence-electron chi connectivity index (χ4n) is 2.31. The van der Waals surface area contributed by atoms with E-state index in [4.69, 9.17) is 0 Å². The SMILES string of the molecule is CCCNC(=O)CCc1cc2cc(C)c(C)cc2[nH]c1=O. The Kier molecular flexibility index (Phi) is 4.78. The zero-order chi connectivity index (χ0) is 15.4. The van der Waals surface area contributed by atoms with Gasteiger partial charge in [0.25, 0.3) is 5.56 Å². The van der Waals surface area contributed by atoms with Crippen LogP contribution in [-0.2, 0) is 11.2 Å². The van der Waals surface area contributed by atoms with Gasteiger partial charge in [-0.3, -0.25) is 9.59 Å². The maximum absolute atomic E-state index is 12.1. The normalized spacial score (nSPS) is 10.8. The highest BCUT2D eigenvalue weighted by atomic mass is 16.1. The largest absolute Gasteiger partial charge is 0.356 e. The summed E-state index contributed by atoms with van der Waals surface area (Å²) in [6.45, 7) is 6.78. The number of rotatable bonds is 5. The van der Waals surface area contributed by atoms with Crippen LogP contribution in [0.4, 0.5) is 0 Å². The van der Waals surface area contributed by atoms with E-state index in [1.54, 1.807) is 0 Å². The van der Waals surface area contributed by atoms with Crippen LogP contribution in [0.15, 0.2) is 23.0 Å². The van der Waals surface area contributed by atoms with Crippen molar-refractivity contribution in [2.45, 2.75) is 40.0 Å². The molecule has 0 fully saturated rings. The Balaban J connectivity index is 2.20. The molecule has 21 heavy (non-hydrogen) atoms. The molecule has 0 saturated carbocycles. The van der Waals surface area contributed by atoms with Gasteiger partial charge in [0.15, 0.2) is 0 Å². The Morgan fingerprint density at radius 1 is 1.19 bits per heavy atom. The minimum atomic E-state index is -0.103. The Morgan fingerprint density at radius 3 is 2.62 bits per heavy atom. The van der Waals surface area contributed by atoms with Crippen molar-refractivity contribution in [3.63, 3.8) is 0 Å². The molecule has 0 bridgehead atoms. The zero-order valence-corrected chi connectivity index (χ0v) is 12.9. The number of pyridine rings is 1. The lowest BCUT2D eigenvalue weighted by molar-refractivity contribution is -0.121. The van der Waals surface area contributed by atoms with E-state index < -0.39 is 0 Å². The molecule has 2 rings (SSSR count). The topological polar surface area (TPSA) is 62.0 Å². The summed E-state index contributed by atoms with van der Waals surface area (Å²) in [5, 5.41) is 3.84. The Hall–Kier alpha value is -2.10. The monoisotopic (exact) mass is 286 g/mol. The van der Waals surface area contributed by atoms with Crippen LogP contribution in [0.3, 0.4) is 0 Å². The summed E-state index contributed by atoms with van der Waals surface area (Å²) in [4.78, 5) is 26.6. The molecule has 0 aliphatic heterocycles. The molecule has 1 amide bonds. The van der Waals surface area contributed by atoms with Crippen LogP contribution in [-0.4, -0.2) is 17.4 Å². The lowest BCUT2D eigenvalue weighted by Gasteiger charge is -2.07. The van der Waals surface area contributed by atoms with Crippen LogP contribution in [0.5, 0.6) is 0 Å². The number of amides is 1. The van der Waals surface area contributed by atoms with Gasteiger partial charge in [0.05, 0.1) is 0 Å². The smallest absolute Gasteiger partial charge is 0.251 e. The van der Waals surface area contributed by atoms with Crippen LogP contribution in [0.1, 0.15) is 36.5 Å². The van der Waals surface area contributed by atoms with Gasteiger partial charge in [-0.25, -0.2) is 0 Å². The molecule has 1 aromatic carbocycles. The molecule has 112 valence electrons. The minimum absolute atomic E-state index is 0.00330. The molecule has 0 spiro atoms. The van der Waals surface area contributed by atoms with Gasteiger partial charge in [-0.2, -0.15) is 0 Å². The summed E-state index contributed by atoms with van der Waals surface area (Å²) in [7, 11) is 0. The zero-order valence-electron chi connectivity index (χ0n) is 12.9. The number of hydrogen-bond donors (Lipinski definition) is 2. The second-order valence-electron chi connectivity index (χ2n) is 5.50. The molecule has 0 saturated heterocycles. The molecule has 4 heteroatoms. The van der Waals surface area contributed by atoms with E-state index in [9.17, 15) is 9.59 Å². The maximum atomic E-state index is 12.1. The fraction of sp³-hybridized carbons (Fsp3) is 0.412. The van der Waals surface area contributed by atoms with E-state index in [2.05, 4.69) is 23.3 Å². The molecule has 1 aromatic heterocycles. The standard InChI is InChI=1S/C17H22N2O2/c1-4-7-18-16(20)6-5-13-10-14-8-11(2)12(3)9-15(14)19-17(13)21/h8-10H,4-7H2,1-3H3,(H,18,20)(H,19,21). The molecule has 0 unspecified atom stereocenters. The van der Waals surface area contributed by atoms with E-state index in [-0.39, 0.29) is 11.5 Å². The molecule has 4 nitrogen and oxygen atoms in total. The van der Waals surface area contributed by atoms with Crippen LogP contribution in [0.2, 0.25) is 0 Å². The predicted molar refractivity (Wildman–Crippen MR) is 85.7 cm³/mol. The molecule has 0 radical (unpaired) electrons. The summed E-state index contributed by atoms with van der Waals surface area (Å²) in [5.74, 6) is -0.00330. The Bertz CT molecular complexity index is 717. The second kappa shape index (κ2) is 6.57. The van der Waals surface area contributed by atoms with Gasteiger partial charge in [-0.15, -0.1) is 0 Å². The quantitative estimate of drug-likeness (QED) is 0.887. The average molecular weight is 286 g/mol. The number of nitrogens with one attached hydrogen (secondary N) is 2. The third-order valence-electron chi connectivity index (χ3n) is 3.73. The highest BCUT2D eigenvalue weighted by Crippen LogP contribution is 2.17. The van der Waals surface area contributed by atoms with Crippen molar-refractivity contribution >= 4 is 16.8 Å². The predicted octanol–water partition coefficient (Wildman–Crippen LogP) is 2.60. The minimum Gasteiger partial charge on any atom is -0.356 e. The van der Waals surface area contributed by atoms with Crippen molar-refractivity contribution < 1.29 is 4.79 Å². The van der Waals surface area contributed by atoms with Crippen molar-refractivity contribution in [3.8, 4) is 0 Å². The van der Waals surface area contributed by atoms with Crippen LogP contribution in [0, 0.1) is 13.8 Å². The number of fused-ring (bicyclic) bond motifs is 1. The molecular weight excluding hydrogens is 264 g/mol. The fourth-order valence-corrected chi connectivity index (χ4v) is 2.31. The van der Waals surface area contributed by atoms with Crippen LogP contribution >= 0.6 is 0 Å². The van der Waals surface area contributed by atoms with Crippen molar-refractivity contribution in [1.82, 2.24) is 10.3 Å². The Morgan fingerprint density at radius 2 is 1.90 bits per heavy atom. The number of aryl methyl sites for hydroxylation is 3. The molecule has 0 aliphatic carbocycles. The molecule has 2 N–H and O–H groups in total. The van der Waals surface area contributed by atoms with Gasteiger partial charge in [0.1, 0.15) is 0 Å². The molecule has 1 heterocycles. The van der Waals surface area contributed by atoms with Gasteiger partial charge in [-0.05, 0) is 61.4 Å². The molecular formula is C17H22N2O2. The van der Waals surface area contributed by atoms with E-state index in [0.29, 0.717) is 24.9 Å². The van der Waals surface area contributed by atoms with Crippen molar-refractivity contribution in [2.24, 2.45) is 0 Å². The lowest BCUT2D eigenvalue weighted by atomic mass is 10.0. The van der Waals surface area contributed by atoms with Crippen molar-refractivity contribution in [1.29, 1.82) is 0 Å². The van der Waals surface area contributed by atoms with Gasteiger partial charge in [0, 0.05) is 24.0 Å². The highest BCUT2D eigenvalue weighted by Gasteiger charge is 2.07. The molecule has 0 atom stereocenters. The third-order valence-corrected chi connectivity index (χ3v) is 3.73. The number of hydrogen-bond acceptors (Lipinski definition) is 2. The lowest BCUT2D eigenvalue weighted by Crippen LogP contribution is -2.25. The average Bonchev–Trinajstić information content (AvgIpc) is 2.45. The summed E-state index contributed by atoms with van der Waals surface area (Å²) < 4.78 is 0. The first-order valence-electron chi connectivity index (χ1n) is 7.41. The first-order chi connectivity index (χ1) is 10.0. The van der Waals surface area contributed by atoms with E-state index in [0.717, 1.165) is 22.9 Å². The third kappa shape index (κ3) is 3.72. The maximum Gasteiger partial charge on any atom is 0.251 e. The highest BCUT2D eigenvalue weighted by molar-refractivity contribution is 5.81. The Labute approximate surface area is 124 Å². The molecule has 0 aliphatic rings. The number of carbonyl (C=O) groups is 1. The van der Waals surface area contributed by atoms with Gasteiger partial charge >= 0.3 is 0 Å². The van der Waals surface area contributed by atoms with Crippen LogP contribution in [0.25, 0.3) is 10.9 Å². The summed E-state index contributed by atoms with van der Waals surface area (Å²) in [6.07, 6.45) is 1.73. The van der Waals surface area contributed by atoms with Gasteiger partial charge < -0.3 is 10.3 Å². The number of aromatic amines is 1. The number of carbonyl (C=O) groups excluding carboxylic acids is 1. The molecule has 2 aromatic rings. The van der Waals surface area contributed by atoms with Gasteiger partial charge in [-0.1, -0.05) is 6.92 Å². The number of benzene rings is 1. The van der Waals surface area contributed by atoms with Crippen molar-refractivity contribution in [2.75, 3.05) is 6.54 Å². The summed E-state index contributed by atoms with van der Waals surface area (Å²) in [5.41, 5.74) is 3.76. The second-order valence-corrected chi connectivity index (χ2v) is 5.50. The van der Waals surface area contributed by atoms with E-state index in [1.165, 1.54) is 5.56 Å². The first-order valence-corrected chi connectivity index (χ1v) is 7.41. The van der Waals surface area contributed by atoms with E-state index in [1.807, 2.05) is 26.0 Å². The number of aromatic nitrogens is 1. The van der Waals surface area contributed by atoms with E-state index >= 15 is 0 Å². The number of H-pyrrole nitrogens is 1. The van der Waals surface area contributed by atoms with Crippen molar-refractivity contribution in [3.05, 3.63) is 45.2 Å².